The number of benzene rings is 1. The smallest absolute Gasteiger partial charge is 0.318 e. The summed E-state index contributed by atoms with van der Waals surface area (Å²) in [5.74, 6) is -0.362. The summed E-state index contributed by atoms with van der Waals surface area (Å²) >= 11 is 0. The van der Waals surface area contributed by atoms with Gasteiger partial charge in [0.25, 0.3) is 0 Å². The van der Waals surface area contributed by atoms with Crippen LogP contribution in [0.4, 0.5) is 9.18 Å². The average Bonchev–Trinajstić information content (AvgIpc) is 2.79. The first-order valence-electron chi connectivity index (χ1n) is 8.12. The number of hydrogen-bond donors (Lipinski definition) is 1. The maximum atomic E-state index is 13.9. The summed E-state index contributed by atoms with van der Waals surface area (Å²) in [6.45, 7) is 0.889. The molecule has 23 heavy (non-hydrogen) atoms. The van der Waals surface area contributed by atoms with E-state index in [2.05, 4.69) is 5.32 Å². The van der Waals surface area contributed by atoms with Crippen molar-refractivity contribution in [1.82, 2.24) is 15.1 Å². The lowest BCUT2D eigenvalue weighted by Crippen LogP contribution is -2.52. The fourth-order valence-electron chi connectivity index (χ4n) is 3.06. The van der Waals surface area contributed by atoms with Crippen molar-refractivity contribution < 1.29 is 14.0 Å². The van der Waals surface area contributed by atoms with E-state index in [0.717, 1.165) is 19.3 Å². The number of carbonyl (C=O) groups excluding carboxylic acids is 2. The molecule has 1 N–H and O–H groups in total. The van der Waals surface area contributed by atoms with Gasteiger partial charge >= 0.3 is 6.03 Å². The zero-order valence-electron chi connectivity index (χ0n) is 13.3. The van der Waals surface area contributed by atoms with Gasteiger partial charge in [0.1, 0.15) is 11.9 Å². The van der Waals surface area contributed by atoms with Gasteiger partial charge in [-0.25, -0.2) is 9.18 Å². The van der Waals surface area contributed by atoms with Crippen LogP contribution in [0.15, 0.2) is 24.3 Å². The van der Waals surface area contributed by atoms with Gasteiger partial charge in [-0.3, -0.25) is 4.79 Å². The maximum Gasteiger partial charge on any atom is 0.318 e. The zero-order chi connectivity index (χ0) is 16.4. The molecule has 0 spiro atoms. The third-order valence-electron chi connectivity index (χ3n) is 4.80. The second kappa shape index (κ2) is 6.56. The Morgan fingerprint density at radius 1 is 1.35 bits per heavy atom. The molecule has 2 aliphatic rings. The molecule has 1 saturated carbocycles. The lowest BCUT2D eigenvalue weighted by molar-refractivity contribution is -0.128. The first kappa shape index (κ1) is 15.8. The van der Waals surface area contributed by atoms with Crippen molar-refractivity contribution >= 4 is 11.9 Å². The molecule has 1 aromatic carbocycles. The van der Waals surface area contributed by atoms with Gasteiger partial charge in [0, 0.05) is 25.2 Å². The van der Waals surface area contributed by atoms with E-state index in [4.69, 9.17) is 0 Å². The molecule has 1 saturated heterocycles. The van der Waals surface area contributed by atoms with Gasteiger partial charge in [-0.2, -0.15) is 0 Å². The number of hydrogen-bond acceptors (Lipinski definition) is 2. The molecule has 5 nitrogen and oxygen atoms in total. The van der Waals surface area contributed by atoms with Crippen LogP contribution >= 0.6 is 0 Å². The fourth-order valence-corrected chi connectivity index (χ4v) is 3.06. The topological polar surface area (TPSA) is 52.7 Å². The summed E-state index contributed by atoms with van der Waals surface area (Å²) in [5.41, 5.74) is 0.504. The molecule has 1 aliphatic carbocycles. The highest BCUT2D eigenvalue weighted by molar-refractivity contribution is 5.88. The van der Waals surface area contributed by atoms with Crippen LogP contribution in [0.2, 0.25) is 0 Å². The van der Waals surface area contributed by atoms with E-state index in [1.807, 2.05) is 0 Å². The second-order valence-corrected chi connectivity index (χ2v) is 6.35. The summed E-state index contributed by atoms with van der Waals surface area (Å²) in [6.07, 6.45) is 3.57. The Morgan fingerprint density at radius 2 is 2.09 bits per heavy atom. The van der Waals surface area contributed by atoms with Gasteiger partial charge in [-0.05, 0) is 31.7 Å². The molecule has 1 unspecified atom stereocenters. The summed E-state index contributed by atoms with van der Waals surface area (Å²) in [4.78, 5) is 27.9. The lowest BCUT2D eigenvalue weighted by Gasteiger charge is -2.38. The Labute approximate surface area is 135 Å². The van der Waals surface area contributed by atoms with Crippen molar-refractivity contribution in [1.29, 1.82) is 0 Å². The monoisotopic (exact) mass is 319 g/mol. The second-order valence-electron chi connectivity index (χ2n) is 6.35. The number of halogens is 1. The Morgan fingerprint density at radius 3 is 2.65 bits per heavy atom. The highest BCUT2D eigenvalue weighted by atomic mass is 19.1. The van der Waals surface area contributed by atoms with Gasteiger partial charge in [-0.1, -0.05) is 18.2 Å². The molecule has 3 amide bonds. The summed E-state index contributed by atoms with van der Waals surface area (Å²) in [6, 6.07) is 5.90. The van der Waals surface area contributed by atoms with E-state index in [9.17, 15) is 14.0 Å². The lowest BCUT2D eigenvalue weighted by atomic mass is 9.91. The maximum absolute atomic E-state index is 13.9. The predicted octanol–water partition coefficient (Wildman–Crippen LogP) is 2.12. The van der Waals surface area contributed by atoms with Gasteiger partial charge in [0.2, 0.25) is 5.91 Å². The van der Waals surface area contributed by atoms with Gasteiger partial charge in [-0.15, -0.1) is 0 Å². The number of rotatable bonds is 4. The van der Waals surface area contributed by atoms with Crippen LogP contribution in [0.3, 0.4) is 0 Å². The van der Waals surface area contributed by atoms with Crippen LogP contribution in [0.5, 0.6) is 0 Å². The summed E-state index contributed by atoms with van der Waals surface area (Å²) in [5, 5.41) is 2.82. The first-order valence-corrected chi connectivity index (χ1v) is 8.12. The number of likely N-dealkylation sites (N-methyl/N-ethyl adjacent to an activating group) is 1. The third-order valence-corrected chi connectivity index (χ3v) is 4.80. The normalized spacial score (nSPS) is 21.2. The number of nitrogens with zero attached hydrogens (tertiary/aromatic N) is 2. The average molecular weight is 319 g/mol. The van der Waals surface area contributed by atoms with E-state index in [1.165, 1.54) is 6.07 Å². The van der Waals surface area contributed by atoms with Crippen molar-refractivity contribution in [3.05, 3.63) is 35.6 Å². The van der Waals surface area contributed by atoms with Crippen molar-refractivity contribution in [3.8, 4) is 0 Å². The van der Waals surface area contributed by atoms with Crippen molar-refractivity contribution in [2.24, 2.45) is 0 Å². The van der Waals surface area contributed by atoms with Crippen LogP contribution in [0, 0.1) is 5.82 Å². The molecule has 0 radical (unpaired) electrons. The number of urea groups is 1. The predicted molar refractivity (Wildman–Crippen MR) is 84.2 cm³/mol. The van der Waals surface area contributed by atoms with Crippen molar-refractivity contribution in [2.75, 3.05) is 13.6 Å². The minimum Gasteiger partial charge on any atom is -0.344 e. The van der Waals surface area contributed by atoms with Crippen LogP contribution in [-0.2, 0) is 11.3 Å². The molecule has 1 heterocycles. The van der Waals surface area contributed by atoms with Crippen LogP contribution in [-0.4, -0.2) is 47.4 Å². The highest BCUT2D eigenvalue weighted by Gasteiger charge is 2.34. The standard InChI is InChI=1S/C17H22FN3O2/c1-20-10-9-15(16(20)22)19-17(23)21(13-6-4-7-13)11-12-5-2-3-8-14(12)18/h2-3,5,8,13,15H,4,6-7,9-11H2,1H3,(H,19,23). The fraction of sp³-hybridized carbons (Fsp3) is 0.529. The van der Waals surface area contributed by atoms with Crippen molar-refractivity contribution in [3.63, 3.8) is 0 Å². The number of nitrogens with one attached hydrogen (secondary N) is 1. The van der Waals surface area contributed by atoms with E-state index in [0.29, 0.717) is 18.5 Å². The van der Waals surface area contributed by atoms with E-state index >= 15 is 0 Å². The summed E-state index contributed by atoms with van der Waals surface area (Å²) < 4.78 is 13.9. The molecule has 0 bridgehead atoms. The van der Waals surface area contributed by atoms with Crippen LogP contribution in [0.25, 0.3) is 0 Å². The quantitative estimate of drug-likeness (QED) is 0.924. The summed E-state index contributed by atoms with van der Waals surface area (Å²) in [7, 11) is 1.73. The molecule has 1 aromatic rings. The first-order chi connectivity index (χ1) is 11.1. The molecular weight excluding hydrogens is 297 g/mol. The molecule has 3 rings (SSSR count). The Balaban J connectivity index is 1.70. The molecule has 6 heteroatoms. The van der Waals surface area contributed by atoms with Crippen LogP contribution < -0.4 is 5.32 Å². The van der Waals surface area contributed by atoms with Crippen molar-refractivity contribution in [2.45, 2.75) is 44.3 Å². The minimum absolute atomic E-state index is 0.0576. The molecule has 1 atom stereocenters. The highest BCUT2D eigenvalue weighted by Crippen LogP contribution is 2.27. The SMILES string of the molecule is CN1CCC(NC(=O)N(Cc2ccccc2F)C2CCC2)C1=O. The molecule has 2 fully saturated rings. The number of carbonyl (C=O) groups is 2. The number of amides is 3. The Hall–Kier alpha value is -2.11. The Kier molecular flexibility index (Phi) is 4.50. The van der Waals surface area contributed by atoms with Crippen LogP contribution in [0.1, 0.15) is 31.2 Å². The van der Waals surface area contributed by atoms with E-state index in [-0.39, 0.29) is 30.3 Å². The molecule has 0 aromatic heterocycles. The molecular formula is C17H22FN3O2. The number of likely N-dealkylation sites (tertiary alicyclic amines) is 1. The Bertz CT molecular complexity index is 603. The van der Waals surface area contributed by atoms with Gasteiger partial charge < -0.3 is 15.1 Å². The largest absolute Gasteiger partial charge is 0.344 e. The van der Waals surface area contributed by atoms with E-state index < -0.39 is 6.04 Å². The van der Waals surface area contributed by atoms with E-state index in [1.54, 1.807) is 35.0 Å². The molecule has 1 aliphatic heterocycles. The zero-order valence-corrected chi connectivity index (χ0v) is 13.3. The van der Waals surface area contributed by atoms with Gasteiger partial charge in [0.05, 0.1) is 6.54 Å². The molecule has 124 valence electrons. The third kappa shape index (κ3) is 3.30. The minimum atomic E-state index is -0.462. The van der Waals surface area contributed by atoms with Gasteiger partial charge in [0.15, 0.2) is 0 Å².